The molecule has 0 N–H and O–H groups in total. The molecule has 0 bridgehead atoms. The second-order valence-electron chi connectivity index (χ2n) is 2.62. The van der Waals surface area contributed by atoms with Gasteiger partial charge in [0.2, 0.25) is 0 Å². The minimum Gasteiger partial charge on any atom is -0.298 e. The van der Waals surface area contributed by atoms with Crippen LogP contribution in [0.15, 0.2) is 18.6 Å². The summed E-state index contributed by atoms with van der Waals surface area (Å²) in [6.07, 6.45) is 5.80. The van der Waals surface area contributed by atoms with Gasteiger partial charge in [-0.25, -0.2) is 9.50 Å². The summed E-state index contributed by atoms with van der Waals surface area (Å²) in [6.45, 7) is 1.93. The predicted molar refractivity (Wildman–Crippen MR) is 43.1 cm³/mol. The average molecular weight is 161 g/mol. The van der Waals surface area contributed by atoms with Crippen LogP contribution in [0.3, 0.4) is 0 Å². The van der Waals surface area contributed by atoms with Crippen LogP contribution in [0.2, 0.25) is 0 Å². The molecule has 0 aliphatic carbocycles. The Kier molecular flexibility index (Phi) is 1.40. The maximum absolute atomic E-state index is 10.5. The molecule has 0 aliphatic heterocycles. The molecule has 2 aromatic heterocycles. The molecule has 0 saturated carbocycles. The van der Waals surface area contributed by atoms with Crippen LogP contribution in [0.5, 0.6) is 0 Å². The highest BCUT2D eigenvalue weighted by Gasteiger charge is 2.02. The number of hydrogen-bond acceptors (Lipinski definition) is 3. The quantitative estimate of drug-likeness (QED) is 0.582. The van der Waals surface area contributed by atoms with Crippen molar-refractivity contribution < 1.29 is 4.79 Å². The third-order valence-corrected chi connectivity index (χ3v) is 1.64. The van der Waals surface area contributed by atoms with Crippen LogP contribution in [-0.4, -0.2) is 20.9 Å². The molecule has 2 heterocycles. The number of nitrogens with zero attached hydrogens (tertiary/aromatic N) is 3. The molecule has 0 saturated heterocycles. The fourth-order valence-electron chi connectivity index (χ4n) is 1.07. The molecule has 0 unspecified atom stereocenters. The van der Waals surface area contributed by atoms with Crippen LogP contribution in [0.1, 0.15) is 15.9 Å². The van der Waals surface area contributed by atoms with Gasteiger partial charge in [0.25, 0.3) is 0 Å². The van der Waals surface area contributed by atoms with Gasteiger partial charge in [-0.15, -0.1) is 0 Å². The van der Waals surface area contributed by atoms with E-state index in [2.05, 4.69) is 10.1 Å². The van der Waals surface area contributed by atoms with Gasteiger partial charge in [-0.05, 0) is 12.5 Å². The number of carbonyl (C=O) groups is 1. The molecule has 0 aromatic carbocycles. The van der Waals surface area contributed by atoms with Gasteiger partial charge in [0.15, 0.2) is 11.9 Å². The first-order valence-corrected chi connectivity index (χ1v) is 3.56. The van der Waals surface area contributed by atoms with E-state index in [1.54, 1.807) is 10.7 Å². The summed E-state index contributed by atoms with van der Waals surface area (Å²) < 4.78 is 1.60. The number of aromatic nitrogens is 3. The van der Waals surface area contributed by atoms with Crippen LogP contribution in [0.25, 0.3) is 5.65 Å². The first kappa shape index (κ1) is 6.97. The molecular formula is C8H7N3O. The van der Waals surface area contributed by atoms with Crippen LogP contribution >= 0.6 is 0 Å². The lowest BCUT2D eigenvalue weighted by atomic mass is 10.3. The van der Waals surface area contributed by atoms with Gasteiger partial charge in [-0.3, -0.25) is 4.79 Å². The number of carbonyl (C=O) groups excluding carboxylic acids is 1. The molecule has 0 spiro atoms. The Hall–Kier alpha value is -1.71. The van der Waals surface area contributed by atoms with E-state index in [0.717, 1.165) is 11.8 Å². The molecule has 0 atom stereocenters. The number of fused-ring (bicyclic) bond motifs is 1. The minimum atomic E-state index is 0.523. The van der Waals surface area contributed by atoms with Crippen LogP contribution in [0, 0.1) is 6.92 Å². The first-order chi connectivity index (χ1) is 5.81. The summed E-state index contributed by atoms with van der Waals surface area (Å²) in [5.74, 6) is 0. The van der Waals surface area contributed by atoms with Crippen molar-refractivity contribution >= 4 is 11.9 Å². The Morgan fingerprint density at radius 3 is 3.08 bits per heavy atom. The number of hydrogen-bond donors (Lipinski definition) is 0. The van der Waals surface area contributed by atoms with Crippen molar-refractivity contribution in [3.8, 4) is 0 Å². The van der Waals surface area contributed by atoms with E-state index >= 15 is 0 Å². The van der Waals surface area contributed by atoms with E-state index in [1.807, 2.05) is 13.1 Å². The summed E-state index contributed by atoms with van der Waals surface area (Å²) in [5.41, 5.74) is 2.15. The lowest BCUT2D eigenvalue weighted by Crippen LogP contribution is -1.91. The Morgan fingerprint density at radius 2 is 2.33 bits per heavy atom. The van der Waals surface area contributed by atoms with Gasteiger partial charge in [0, 0.05) is 12.4 Å². The minimum absolute atomic E-state index is 0.523. The van der Waals surface area contributed by atoms with Gasteiger partial charge < -0.3 is 0 Å². The molecule has 0 amide bonds. The molecule has 4 nitrogen and oxygen atoms in total. The SMILES string of the molecule is Cc1cnc2c(C=O)cnn2c1. The highest BCUT2D eigenvalue weighted by molar-refractivity contribution is 5.83. The van der Waals surface area contributed by atoms with Crippen molar-refractivity contribution in [2.45, 2.75) is 6.92 Å². The normalized spacial score (nSPS) is 10.4. The Bertz CT molecular complexity index is 433. The van der Waals surface area contributed by atoms with E-state index in [1.165, 1.54) is 6.20 Å². The monoisotopic (exact) mass is 161 g/mol. The maximum Gasteiger partial charge on any atom is 0.165 e. The molecule has 60 valence electrons. The van der Waals surface area contributed by atoms with Crippen molar-refractivity contribution in [3.05, 3.63) is 29.7 Å². The molecule has 0 fully saturated rings. The molecular weight excluding hydrogens is 154 g/mol. The van der Waals surface area contributed by atoms with E-state index in [0.29, 0.717) is 11.2 Å². The van der Waals surface area contributed by atoms with E-state index < -0.39 is 0 Å². The van der Waals surface area contributed by atoms with Crippen molar-refractivity contribution in [2.75, 3.05) is 0 Å². The fraction of sp³-hybridized carbons (Fsp3) is 0.125. The molecule has 4 heteroatoms. The highest BCUT2D eigenvalue weighted by Crippen LogP contribution is 2.05. The Morgan fingerprint density at radius 1 is 1.50 bits per heavy atom. The molecule has 12 heavy (non-hydrogen) atoms. The average Bonchev–Trinajstić information content (AvgIpc) is 2.46. The van der Waals surface area contributed by atoms with Crippen LogP contribution < -0.4 is 0 Å². The first-order valence-electron chi connectivity index (χ1n) is 3.56. The molecule has 0 aliphatic rings. The topological polar surface area (TPSA) is 47.3 Å². The Labute approximate surface area is 68.8 Å². The summed E-state index contributed by atoms with van der Waals surface area (Å²) in [5, 5.41) is 3.97. The van der Waals surface area contributed by atoms with Gasteiger partial charge >= 0.3 is 0 Å². The highest BCUT2D eigenvalue weighted by atomic mass is 16.1. The van der Waals surface area contributed by atoms with E-state index in [9.17, 15) is 4.79 Å². The predicted octanol–water partition coefficient (Wildman–Crippen LogP) is 0.850. The van der Waals surface area contributed by atoms with Crippen molar-refractivity contribution in [2.24, 2.45) is 0 Å². The van der Waals surface area contributed by atoms with Crippen LogP contribution in [-0.2, 0) is 0 Å². The van der Waals surface area contributed by atoms with Crippen molar-refractivity contribution in [1.82, 2.24) is 14.6 Å². The van der Waals surface area contributed by atoms with Gasteiger partial charge in [-0.1, -0.05) is 0 Å². The van der Waals surface area contributed by atoms with Crippen molar-refractivity contribution in [3.63, 3.8) is 0 Å². The zero-order valence-corrected chi connectivity index (χ0v) is 6.56. The second kappa shape index (κ2) is 2.41. The number of rotatable bonds is 1. The van der Waals surface area contributed by atoms with Gasteiger partial charge in [-0.2, -0.15) is 5.10 Å². The van der Waals surface area contributed by atoms with E-state index in [4.69, 9.17) is 0 Å². The summed E-state index contributed by atoms with van der Waals surface area (Å²) >= 11 is 0. The van der Waals surface area contributed by atoms with Gasteiger partial charge in [0.1, 0.15) is 0 Å². The third kappa shape index (κ3) is 0.887. The largest absolute Gasteiger partial charge is 0.298 e. The Balaban J connectivity index is 2.81. The zero-order chi connectivity index (χ0) is 8.55. The van der Waals surface area contributed by atoms with Crippen LogP contribution in [0.4, 0.5) is 0 Å². The third-order valence-electron chi connectivity index (χ3n) is 1.64. The lowest BCUT2D eigenvalue weighted by Gasteiger charge is -1.93. The summed E-state index contributed by atoms with van der Waals surface area (Å²) in [4.78, 5) is 14.6. The maximum atomic E-state index is 10.5. The van der Waals surface area contributed by atoms with Gasteiger partial charge in [0.05, 0.1) is 11.8 Å². The zero-order valence-electron chi connectivity index (χ0n) is 6.56. The summed E-state index contributed by atoms with van der Waals surface area (Å²) in [7, 11) is 0. The standard InChI is InChI=1S/C8H7N3O/c1-6-2-9-8-7(5-12)3-10-11(8)4-6/h2-5H,1H3. The van der Waals surface area contributed by atoms with E-state index in [-0.39, 0.29) is 0 Å². The van der Waals surface area contributed by atoms with Crippen molar-refractivity contribution in [1.29, 1.82) is 0 Å². The number of aldehydes is 1. The second-order valence-corrected chi connectivity index (χ2v) is 2.62. The molecule has 2 aromatic rings. The fourth-order valence-corrected chi connectivity index (χ4v) is 1.07. The lowest BCUT2D eigenvalue weighted by molar-refractivity contribution is 0.112. The summed E-state index contributed by atoms with van der Waals surface area (Å²) in [6, 6.07) is 0. The molecule has 2 rings (SSSR count). The number of aryl methyl sites for hydroxylation is 1. The molecule has 0 radical (unpaired) electrons. The smallest absolute Gasteiger partial charge is 0.165 e.